The van der Waals surface area contributed by atoms with Crippen molar-refractivity contribution in [1.82, 2.24) is 5.16 Å². The summed E-state index contributed by atoms with van der Waals surface area (Å²) in [6.07, 6.45) is -0.707. The Hall–Kier alpha value is -2.05. The molecule has 0 bridgehead atoms. The zero-order valence-corrected chi connectivity index (χ0v) is 13.9. The van der Waals surface area contributed by atoms with E-state index >= 15 is 0 Å². The van der Waals surface area contributed by atoms with Gasteiger partial charge in [-0.3, -0.25) is 4.79 Å². The van der Waals surface area contributed by atoms with E-state index in [0.717, 1.165) is 0 Å². The van der Waals surface area contributed by atoms with E-state index in [2.05, 4.69) is 10.5 Å². The Labute approximate surface area is 142 Å². The Balaban J connectivity index is 2.07. The molecule has 1 heterocycles. The second-order valence-corrected chi connectivity index (χ2v) is 5.50. The lowest BCUT2D eigenvalue weighted by molar-refractivity contribution is -0.124. The monoisotopic (exact) mass is 356 g/mol. The number of hydrogen-bond donors (Lipinski definition) is 1. The first-order valence-corrected chi connectivity index (χ1v) is 7.57. The van der Waals surface area contributed by atoms with E-state index in [1.54, 1.807) is 32.0 Å². The van der Waals surface area contributed by atoms with Crippen molar-refractivity contribution in [3.05, 3.63) is 45.6 Å². The molecule has 0 saturated heterocycles. The van der Waals surface area contributed by atoms with Gasteiger partial charge in [0.1, 0.15) is 5.76 Å². The number of aromatic nitrogens is 1. The number of esters is 1. The molecule has 0 aliphatic rings. The van der Waals surface area contributed by atoms with Crippen LogP contribution in [0.25, 0.3) is 0 Å². The van der Waals surface area contributed by atoms with Crippen LogP contribution in [-0.4, -0.2) is 23.1 Å². The third kappa shape index (κ3) is 4.24. The summed E-state index contributed by atoms with van der Waals surface area (Å²) < 4.78 is 10.1. The minimum Gasteiger partial charge on any atom is -0.449 e. The van der Waals surface area contributed by atoms with Crippen molar-refractivity contribution in [3.8, 4) is 0 Å². The summed E-state index contributed by atoms with van der Waals surface area (Å²) in [6, 6.07) is 6.16. The molecule has 8 heteroatoms. The van der Waals surface area contributed by atoms with E-state index in [9.17, 15) is 9.59 Å². The van der Waals surface area contributed by atoms with Crippen LogP contribution in [0, 0.1) is 6.92 Å². The van der Waals surface area contributed by atoms with Crippen LogP contribution in [0.4, 0.5) is 5.82 Å². The Kier molecular flexibility index (Phi) is 5.63. The fourth-order valence-electron chi connectivity index (χ4n) is 1.81. The number of aryl methyl sites for hydroxylation is 1. The predicted octanol–water partition coefficient (Wildman–Crippen LogP) is 3.86. The SMILES string of the molecule is CC[C@H](OC(=O)c1cccc(Cl)c1Cl)C(=O)Nc1cc(C)on1. The van der Waals surface area contributed by atoms with Crippen molar-refractivity contribution >= 4 is 40.9 Å². The fourth-order valence-corrected chi connectivity index (χ4v) is 2.19. The van der Waals surface area contributed by atoms with Gasteiger partial charge in [0, 0.05) is 6.07 Å². The molecule has 0 fully saturated rings. The molecule has 0 aliphatic heterocycles. The maximum Gasteiger partial charge on any atom is 0.340 e. The zero-order valence-electron chi connectivity index (χ0n) is 12.4. The van der Waals surface area contributed by atoms with Crippen LogP contribution in [0.15, 0.2) is 28.8 Å². The third-order valence-corrected chi connectivity index (χ3v) is 3.78. The minimum atomic E-state index is -0.991. The van der Waals surface area contributed by atoms with E-state index in [1.807, 2.05) is 0 Å². The zero-order chi connectivity index (χ0) is 17.0. The van der Waals surface area contributed by atoms with Crippen LogP contribution >= 0.6 is 23.2 Å². The highest BCUT2D eigenvalue weighted by atomic mass is 35.5. The topological polar surface area (TPSA) is 81.4 Å². The summed E-state index contributed by atoms with van der Waals surface area (Å²) in [4.78, 5) is 24.3. The molecule has 1 amide bonds. The number of nitrogens with one attached hydrogen (secondary N) is 1. The Morgan fingerprint density at radius 1 is 1.39 bits per heavy atom. The molecule has 23 heavy (non-hydrogen) atoms. The van der Waals surface area contributed by atoms with E-state index in [1.165, 1.54) is 6.07 Å². The highest BCUT2D eigenvalue weighted by molar-refractivity contribution is 6.43. The molecule has 0 radical (unpaired) electrons. The van der Waals surface area contributed by atoms with Crippen molar-refractivity contribution in [3.63, 3.8) is 0 Å². The van der Waals surface area contributed by atoms with Gasteiger partial charge in [-0.25, -0.2) is 4.79 Å². The number of halogens is 2. The molecular weight excluding hydrogens is 343 g/mol. The van der Waals surface area contributed by atoms with Gasteiger partial charge in [0.05, 0.1) is 15.6 Å². The van der Waals surface area contributed by atoms with E-state index in [0.29, 0.717) is 5.76 Å². The first-order valence-electron chi connectivity index (χ1n) is 6.81. The molecule has 0 unspecified atom stereocenters. The summed E-state index contributed by atoms with van der Waals surface area (Å²) in [5, 5.41) is 6.48. The summed E-state index contributed by atoms with van der Waals surface area (Å²) in [7, 11) is 0. The number of anilines is 1. The van der Waals surface area contributed by atoms with Gasteiger partial charge in [-0.05, 0) is 25.5 Å². The van der Waals surface area contributed by atoms with Crippen LogP contribution in [0.1, 0.15) is 29.5 Å². The maximum atomic E-state index is 12.2. The normalized spacial score (nSPS) is 11.8. The molecule has 2 aromatic rings. The number of rotatable bonds is 5. The van der Waals surface area contributed by atoms with Gasteiger partial charge < -0.3 is 14.6 Å². The number of benzene rings is 1. The highest BCUT2D eigenvalue weighted by Gasteiger charge is 2.24. The number of amides is 1. The molecule has 6 nitrogen and oxygen atoms in total. The number of carbonyl (C=O) groups is 2. The van der Waals surface area contributed by atoms with Crippen molar-refractivity contribution in [2.24, 2.45) is 0 Å². The lowest BCUT2D eigenvalue weighted by Gasteiger charge is -2.15. The number of ether oxygens (including phenoxy) is 1. The molecule has 1 aromatic carbocycles. The molecule has 0 aliphatic carbocycles. The molecule has 0 spiro atoms. The highest BCUT2D eigenvalue weighted by Crippen LogP contribution is 2.26. The second-order valence-electron chi connectivity index (χ2n) is 4.72. The van der Waals surface area contributed by atoms with Gasteiger partial charge in [-0.1, -0.05) is 41.3 Å². The molecular formula is C15H14Cl2N2O4. The molecule has 0 saturated carbocycles. The summed E-state index contributed by atoms with van der Waals surface area (Å²) >= 11 is 11.8. The molecule has 1 atom stereocenters. The molecule has 2 rings (SSSR count). The molecule has 122 valence electrons. The average Bonchev–Trinajstić information content (AvgIpc) is 2.92. The molecule has 1 N–H and O–H groups in total. The van der Waals surface area contributed by atoms with Gasteiger partial charge in [0.15, 0.2) is 11.9 Å². The van der Waals surface area contributed by atoms with Gasteiger partial charge in [0.25, 0.3) is 5.91 Å². The second kappa shape index (κ2) is 7.48. The number of carbonyl (C=O) groups excluding carboxylic acids is 2. The lowest BCUT2D eigenvalue weighted by atomic mass is 10.2. The Morgan fingerprint density at radius 2 is 2.13 bits per heavy atom. The van der Waals surface area contributed by atoms with Crippen LogP contribution in [0.2, 0.25) is 10.0 Å². The smallest absolute Gasteiger partial charge is 0.340 e. The van der Waals surface area contributed by atoms with E-state index < -0.39 is 18.0 Å². The summed E-state index contributed by atoms with van der Waals surface area (Å²) in [6.45, 7) is 3.41. The molecule has 1 aromatic heterocycles. The van der Waals surface area contributed by atoms with Crippen LogP contribution in [0.5, 0.6) is 0 Å². The van der Waals surface area contributed by atoms with Gasteiger partial charge >= 0.3 is 5.97 Å². The van der Waals surface area contributed by atoms with Crippen molar-refractivity contribution < 1.29 is 18.8 Å². The average molecular weight is 357 g/mol. The Bertz CT molecular complexity index is 730. The minimum absolute atomic E-state index is 0.0848. The first-order chi connectivity index (χ1) is 10.9. The fraction of sp³-hybridized carbons (Fsp3) is 0.267. The third-order valence-electron chi connectivity index (χ3n) is 2.96. The van der Waals surface area contributed by atoms with Gasteiger partial charge in [0.2, 0.25) is 0 Å². The van der Waals surface area contributed by atoms with E-state index in [-0.39, 0.29) is 27.8 Å². The standard InChI is InChI=1S/C15H14Cl2N2O4/c1-3-11(14(20)18-12-7-8(2)23-19-12)22-15(21)9-5-4-6-10(16)13(9)17/h4-7,11H,3H2,1-2H3,(H,18,19,20)/t11-/m0/s1. The number of hydrogen-bond acceptors (Lipinski definition) is 5. The van der Waals surface area contributed by atoms with Crippen molar-refractivity contribution in [1.29, 1.82) is 0 Å². The number of nitrogens with zero attached hydrogens (tertiary/aromatic N) is 1. The van der Waals surface area contributed by atoms with E-state index in [4.69, 9.17) is 32.5 Å². The van der Waals surface area contributed by atoms with Crippen LogP contribution < -0.4 is 5.32 Å². The predicted molar refractivity (Wildman–Crippen MR) is 85.8 cm³/mol. The summed E-state index contributed by atoms with van der Waals surface area (Å²) in [5.41, 5.74) is 0.0997. The lowest BCUT2D eigenvalue weighted by Crippen LogP contribution is -2.32. The van der Waals surface area contributed by atoms with Crippen LogP contribution in [0.3, 0.4) is 0 Å². The van der Waals surface area contributed by atoms with Crippen LogP contribution in [-0.2, 0) is 9.53 Å². The quantitative estimate of drug-likeness (QED) is 0.822. The summed E-state index contributed by atoms with van der Waals surface area (Å²) in [5.74, 6) is -0.429. The van der Waals surface area contributed by atoms with Gasteiger partial charge in [-0.2, -0.15) is 0 Å². The van der Waals surface area contributed by atoms with Crippen molar-refractivity contribution in [2.45, 2.75) is 26.4 Å². The largest absolute Gasteiger partial charge is 0.449 e. The van der Waals surface area contributed by atoms with Gasteiger partial charge in [-0.15, -0.1) is 0 Å². The maximum absolute atomic E-state index is 12.2. The van der Waals surface area contributed by atoms with Crippen molar-refractivity contribution in [2.75, 3.05) is 5.32 Å². The Morgan fingerprint density at radius 3 is 2.74 bits per heavy atom. The first kappa shape index (κ1) is 17.3.